The summed E-state index contributed by atoms with van der Waals surface area (Å²) in [6.45, 7) is 0. The Kier molecular flexibility index (Phi) is 4.93. The van der Waals surface area contributed by atoms with E-state index >= 15 is 0 Å². The summed E-state index contributed by atoms with van der Waals surface area (Å²) in [6, 6.07) is 8.73. The molecule has 0 aliphatic rings. The van der Waals surface area contributed by atoms with E-state index in [0.29, 0.717) is 0 Å². The van der Waals surface area contributed by atoms with Crippen molar-refractivity contribution in [2.24, 2.45) is 0 Å². The summed E-state index contributed by atoms with van der Waals surface area (Å²) in [5.41, 5.74) is -1.48. The first-order valence-corrected chi connectivity index (χ1v) is 8.18. The van der Waals surface area contributed by atoms with Crippen LogP contribution in [-0.2, 0) is 16.8 Å². The van der Waals surface area contributed by atoms with Crippen LogP contribution in [0.3, 0.4) is 0 Å². The van der Waals surface area contributed by atoms with Gasteiger partial charge in [-0.05, 0) is 30.3 Å². The number of hydrogen-bond acceptors (Lipinski definition) is 4. The molecule has 1 aromatic heterocycles. The van der Waals surface area contributed by atoms with Gasteiger partial charge in [-0.25, -0.2) is 9.78 Å². The average Bonchev–Trinajstić information content (AvgIpc) is 2.66. The number of carbonyl (C=O) groups is 1. The maximum atomic E-state index is 13.0. The molecule has 27 heavy (non-hydrogen) atoms. The van der Waals surface area contributed by atoms with E-state index in [0.717, 1.165) is 22.8 Å². The quantitative estimate of drug-likeness (QED) is 0.497. The monoisotopic (exact) mass is 396 g/mol. The Labute approximate surface area is 156 Å². The highest BCUT2D eigenvalue weighted by atomic mass is 35.5. The third kappa shape index (κ3) is 3.40. The number of benzene rings is 2. The largest absolute Gasteiger partial charge is 0.465 e. The van der Waals surface area contributed by atoms with Crippen LogP contribution in [0.15, 0.2) is 47.3 Å². The molecular weight excluding hydrogens is 385 g/mol. The van der Waals surface area contributed by atoms with Gasteiger partial charge in [0, 0.05) is 0 Å². The number of halogens is 4. The van der Waals surface area contributed by atoms with Crippen molar-refractivity contribution in [2.75, 3.05) is 7.11 Å². The smallest absolute Gasteiger partial charge is 0.416 e. The van der Waals surface area contributed by atoms with Gasteiger partial charge in [-0.2, -0.15) is 13.2 Å². The molecule has 0 bridgehead atoms. The molecule has 0 radical (unpaired) electrons. The van der Waals surface area contributed by atoms with Gasteiger partial charge in [-0.3, -0.25) is 9.36 Å². The van der Waals surface area contributed by atoms with Crippen LogP contribution in [-0.4, -0.2) is 22.6 Å². The molecule has 3 aromatic rings. The molecule has 0 unspecified atom stereocenters. The Morgan fingerprint density at radius 2 is 1.93 bits per heavy atom. The summed E-state index contributed by atoms with van der Waals surface area (Å²) >= 11 is 5.91. The van der Waals surface area contributed by atoms with Gasteiger partial charge in [-0.15, -0.1) is 11.6 Å². The second-order valence-electron chi connectivity index (χ2n) is 5.54. The number of aromatic nitrogens is 2. The number of methoxy groups -OCH3 is 1. The van der Waals surface area contributed by atoms with Gasteiger partial charge in [0.1, 0.15) is 5.82 Å². The molecule has 1 heterocycles. The maximum Gasteiger partial charge on any atom is 0.416 e. The van der Waals surface area contributed by atoms with Gasteiger partial charge in [0.15, 0.2) is 0 Å². The van der Waals surface area contributed by atoms with Gasteiger partial charge in [-0.1, -0.05) is 12.1 Å². The topological polar surface area (TPSA) is 61.2 Å². The first-order chi connectivity index (χ1) is 12.8. The lowest BCUT2D eigenvalue weighted by Crippen LogP contribution is -2.25. The summed E-state index contributed by atoms with van der Waals surface area (Å²) in [4.78, 5) is 29.2. The molecule has 0 fully saturated rings. The number of para-hydroxylation sites is 1. The highest BCUT2D eigenvalue weighted by Crippen LogP contribution is 2.30. The number of nitrogens with zero attached hydrogens (tertiary/aromatic N) is 2. The zero-order chi connectivity index (χ0) is 19.8. The molecule has 0 N–H and O–H groups in total. The summed E-state index contributed by atoms with van der Waals surface area (Å²) in [5, 5.41) is -0.238. The van der Waals surface area contributed by atoms with Gasteiger partial charge < -0.3 is 4.74 Å². The van der Waals surface area contributed by atoms with E-state index in [9.17, 15) is 22.8 Å². The Bertz CT molecular complexity index is 1090. The van der Waals surface area contributed by atoms with Crippen molar-refractivity contribution >= 4 is 28.5 Å². The van der Waals surface area contributed by atoms with E-state index in [2.05, 4.69) is 4.98 Å². The number of fused-ring (bicyclic) bond motifs is 1. The molecule has 3 rings (SSSR count). The Morgan fingerprint density at radius 1 is 1.22 bits per heavy atom. The van der Waals surface area contributed by atoms with Gasteiger partial charge >= 0.3 is 12.1 Å². The van der Waals surface area contributed by atoms with Crippen LogP contribution in [0.5, 0.6) is 0 Å². The molecule has 0 amide bonds. The van der Waals surface area contributed by atoms with Gasteiger partial charge in [0.2, 0.25) is 0 Å². The molecule has 0 aliphatic heterocycles. The highest BCUT2D eigenvalue weighted by Gasteiger charge is 2.31. The van der Waals surface area contributed by atoms with Crippen molar-refractivity contribution in [1.29, 1.82) is 0 Å². The Hall–Kier alpha value is -2.87. The molecule has 2 aromatic carbocycles. The lowest BCUT2D eigenvalue weighted by molar-refractivity contribution is -0.137. The molecule has 0 atom stereocenters. The standard InChI is InChI=1S/C18H12ClF3N2O3/c1-27-17(26)11-4-2-3-5-14(11)24-15(9-19)23-13-7-6-10(18(20,21)22)8-12(13)16(24)25/h2-8H,9H2,1H3. The first-order valence-electron chi connectivity index (χ1n) is 7.64. The lowest BCUT2D eigenvalue weighted by atomic mass is 10.1. The zero-order valence-corrected chi connectivity index (χ0v) is 14.6. The van der Waals surface area contributed by atoms with E-state index in [1.54, 1.807) is 12.1 Å². The number of alkyl halides is 4. The summed E-state index contributed by atoms with van der Waals surface area (Å²) < 4.78 is 44.8. The predicted octanol–water partition coefficient (Wildman–Crippen LogP) is 3.93. The van der Waals surface area contributed by atoms with Gasteiger partial charge in [0.05, 0.1) is 40.7 Å². The summed E-state index contributed by atoms with van der Waals surface area (Å²) in [6.07, 6.45) is -4.61. The molecule has 0 saturated carbocycles. The predicted molar refractivity (Wildman–Crippen MR) is 93.2 cm³/mol. The summed E-state index contributed by atoms with van der Waals surface area (Å²) in [7, 11) is 1.18. The van der Waals surface area contributed by atoms with Crippen LogP contribution in [0.2, 0.25) is 0 Å². The molecule has 9 heteroatoms. The number of hydrogen-bond donors (Lipinski definition) is 0. The van der Waals surface area contributed by atoms with Crippen molar-refractivity contribution in [3.8, 4) is 5.69 Å². The molecule has 140 valence electrons. The van der Waals surface area contributed by atoms with Crippen LogP contribution in [0.4, 0.5) is 13.2 Å². The van der Waals surface area contributed by atoms with Crippen molar-refractivity contribution in [3.63, 3.8) is 0 Å². The molecular formula is C18H12ClF3N2O3. The number of carbonyl (C=O) groups excluding carboxylic acids is 1. The minimum absolute atomic E-state index is 0.0570. The number of ether oxygens (including phenoxy) is 1. The van der Waals surface area contributed by atoms with Crippen molar-refractivity contribution in [3.05, 3.63) is 69.8 Å². The average molecular weight is 397 g/mol. The second kappa shape index (κ2) is 7.03. The minimum atomic E-state index is -4.61. The van der Waals surface area contributed by atoms with E-state index in [4.69, 9.17) is 16.3 Å². The van der Waals surface area contributed by atoms with Crippen LogP contribution in [0, 0.1) is 0 Å². The summed E-state index contributed by atoms with van der Waals surface area (Å²) in [5.74, 6) is -0.811. The number of esters is 1. The van der Waals surface area contributed by atoms with Crippen molar-refractivity contribution in [1.82, 2.24) is 9.55 Å². The third-order valence-electron chi connectivity index (χ3n) is 3.93. The Morgan fingerprint density at radius 3 is 2.56 bits per heavy atom. The van der Waals surface area contributed by atoms with Crippen LogP contribution >= 0.6 is 11.6 Å². The van der Waals surface area contributed by atoms with E-state index in [1.807, 2.05) is 0 Å². The molecule has 0 spiro atoms. The normalized spacial score (nSPS) is 11.6. The fourth-order valence-corrected chi connectivity index (χ4v) is 2.88. The minimum Gasteiger partial charge on any atom is -0.465 e. The van der Waals surface area contributed by atoms with E-state index in [1.165, 1.54) is 19.2 Å². The molecule has 5 nitrogen and oxygen atoms in total. The van der Waals surface area contributed by atoms with Crippen LogP contribution in [0.1, 0.15) is 21.7 Å². The Balaban J connectivity index is 2.38. The fraction of sp³-hybridized carbons (Fsp3) is 0.167. The van der Waals surface area contributed by atoms with Crippen molar-refractivity contribution in [2.45, 2.75) is 12.1 Å². The van der Waals surface area contributed by atoms with Gasteiger partial charge in [0.25, 0.3) is 5.56 Å². The lowest BCUT2D eigenvalue weighted by Gasteiger charge is -2.15. The fourth-order valence-electron chi connectivity index (χ4n) is 2.70. The molecule has 0 aliphatic carbocycles. The van der Waals surface area contributed by atoms with Crippen LogP contribution < -0.4 is 5.56 Å². The van der Waals surface area contributed by atoms with E-state index < -0.39 is 23.3 Å². The molecule has 0 saturated heterocycles. The first kappa shape index (κ1) is 18.9. The van der Waals surface area contributed by atoms with Crippen LogP contribution in [0.25, 0.3) is 16.6 Å². The van der Waals surface area contributed by atoms with E-state index in [-0.39, 0.29) is 33.9 Å². The second-order valence-corrected chi connectivity index (χ2v) is 5.81. The third-order valence-corrected chi connectivity index (χ3v) is 4.17. The SMILES string of the molecule is COC(=O)c1ccccc1-n1c(CCl)nc2ccc(C(F)(F)F)cc2c1=O. The maximum absolute atomic E-state index is 13.0. The highest BCUT2D eigenvalue weighted by molar-refractivity contribution is 6.16. The number of rotatable bonds is 3. The zero-order valence-electron chi connectivity index (χ0n) is 13.9. The van der Waals surface area contributed by atoms with Crippen molar-refractivity contribution < 1.29 is 22.7 Å².